The van der Waals surface area contributed by atoms with Crippen molar-refractivity contribution < 1.29 is 14.0 Å². The van der Waals surface area contributed by atoms with Gasteiger partial charge < -0.3 is 9.80 Å². The maximum atomic E-state index is 14.0. The minimum atomic E-state index is -0.147. The Bertz CT molecular complexity index is 976. The van der Waals surface area contributed by atoms with Crippen LogP contribution in [0.3, 0.4) is 0 Å². The van der Waals surface area contributed by atoms with Crippen LogP contribution in [-0.2, 0) is 24.3 Å². The van der Waals surface area contributed by atoms with E-state index in [2.05, 4.69) is 17.1 Å². The van der Waals surface area contributed by atoms with Gasteiger partial charge >= 0.3 is 0 Å². The Kier molecular flexibility index (Phi) is 5.62. The Morgan fingerprint density at radius 1 is 1.17 bits per heavy atom. The fourth-order valence-corrected chi connectivity index (χ4v) is 4.86. The summed E-state index contributed by atoms with van der Waals surface area (Å²) in [6, 6.07) is 3.49. The van der Waals surface area contributed by atoms with E-state index in [1.807, 2.05) is 24.8 Å². The molecule has 0 saturated carbocycles. The zero-order chi connectivity index (χ0) is 21.4. The van der Waals surface area contributed by atoms with Gasteiger partial charge in [-0.1, -0.05) is 19.9 Å². The molecule has 30 heavy (non-hydrogen) atoms. The molecule has 1 aromatic heterocycles. The summed E-state index contributed by atoms with van der Waals surface area (Å²) in [4.78, 5) is 28.7. The number of halogens is 1. The number of carbonyl (C=O) groups excluding carboxylic acids is 2. The number of aromatic amines is 1. The lowest BCUT2D eigenvalue weighted by molar-refractivity contribution is -0.131. The molecule has 2 amide bonds. The van der Waals surface area contributed by atoms with E-state index in [1.165, 1.54) is 5.56 Å². The van der Waals surface area contributed by atoms with Crippen LogP contribution in [0, 0.1) is 12.7 Å². The van der Waals surface area contributed by atoms with Crippen LogP contribution in [0.1, 0.15) is 77.5 Å². The number of nitrogens with zero attached hydrogens (tertiary/aromatic N) is 3. The van der Waals surface area contributed by atoms with E-state index >= 15 is 0 Å². The van der Waals surface area contributed by atoms with Crippen LogP contribution in [0.2, 0.25) is 0 Å². The van der Waals surface area contributed by atoms with Crippen LogP contribution in [0.25, 0.3) is 0 Å². The summed E-state index contributed by atoms with van der Waals surface area (Å²) in [6.45, 7) is 8.01. The molecule has 2 aromatic rings. The third kappa shape index (κ3) is 3.50. The van der Waals surface area contributed by atoms with Gasteiger partial charge in [0.15, 0.2) is 5.69 Å². The summed E-state index contributed by atoms with van der Waals surface area (Å²) >= 11 is 0. The van der Waals surface area contributed by atoms with E-state index < -0.39 is 0 Å². The first-order chi connectivity index (χ1) is 14.4. The summed E-state index contributed by atoms with van der Waals surface area (Å²) in [5, 5.41) is 7.21. The van der Waals surface area contributed by atoms with Crippen molar-refractivity contribution in [1.29, 1.82) is 0 Å². The fraction of sp³-hybridized carbons (Fsp3) is 0.522. The largest absolute Gasteiger partial charge is 0.337 e. The topological polar surface area (TPSA) is 69.3 Å². The molecule has 7 heteroatoms. The van der Waals surface area contributed by atoms with Crippen molar-refractivity contribution in [2.45, 2.75) is 65.5 Å². The molecule has 160 valence electrons. The third-order valence-electron chi connectivity index (χ3n) is 6.65. The molecule has 1 aromatic carbocycles. The number of nitrogens with one attached hydrogen (secondary N) is 1. The second-order valence-corrected chi connectivity index (χ2v) is 8.29. The average Bonchev–Trinajstić information content (AvgIpc) is 3.35. The molecule has 2 aliphatic heterocycles. The first kappa shape index (κ1) is 20.6. The Hall–Kier alpha value is -2.70. The number of likely N-dealkylation sites (tertiary alicyclic amines) is 1. The van der Waals surface area contributed by atoms with Gasteiger partial charge in [-0.3, -0.25) is 14.7 Å². The van der Waals surface area contributed by atoms with E-state index in [4.69, 9.17) is 0 Å². The molecule has 1 fully saturated rings. The van der Waals surface area contributed by atoms with E-state index in [-0.39, 0.29) is 17.6 Å². The van der Waals surface area contributed by atoms with Crippen molar-refractivity contribution in [3.8, 4) is 0 Å². The molecule has 0 aliphatic carbocycles. The van der Waals surface area contributed by atoms with Crippen molar-refractivity contribution in [3.63, 3.8) is 0 Å². The number of hydrogen-bond donors (Lipinski definition) is 1. The van der Waals surface area contributed by atoms with E-state index in [0.717, 1.165) is 41.6 Å². The zero-order valence-electron chi connectivity index (χ0n) is 17.9. The summed E-state index contributed by atoms with van der Waals surface area (Å²) in [5.41, 5.74) is 5.23. The van der Waals surface area contributed by atoms with Gasteiger partial charge in [0.1, 0.15) is 5.82 Å². The molecular weight excluding hydrogens is 383 g/mol. The zero-order valence-corrected chi connectivity index (χ0v) is 17.9. The van der Waals surface area contributed by atoms with Gasteiger partial charge in [-0.2, -0.15) is 5.10 Å². The van der Waals surface area contributed by atoms with Crippen molar-refractivity contribution in [2.24, 2.45) is 0 Å². The van der Waals surface area contributed by atoms with E-state index in [9.17, 15) is 14.0 Å². The number of benzene rings is 1. The lowest BCUT2D eigenvalue weighted by Crippen LogP contribution is -2.38. The minimum Gasteiger partial charge on any atom is -0.337 e. The molecule has 4 rings (SSSR count). The molecule has 1 N–H and O–H groups in total. The predicted octanol–water partition coefficient (Wildman–Crippen LogP) is 3.69. The highest BCUT2D eigenvalue weighted by molar-refractivity contribution is 5.94. The molecule has 2 aliphatic rings. The van der Waals surface area contributed by atoms with Crippen LogP contribution >= 0.6 is 0 Å². The number of fused-ring (bicyclic) bond motifs is 1. The van der Waals surface area contributed by atoms with Crippen molar-refractivity contribution in [3.05, 3.63) is 51.6 Å². The van der Waals surface area contributed by atoms with Gasteiger partial charge in [0, 0.05) is 25.1 Å². The number of carbonyl (C=O) groups is 2. The Morgan fingerprint density at radius 3 is 2.57 bits per heavy atom. The van der Waals surface area contributed by atoms with Crippen LogP contribution in [-0.4, -0.2) is 44.9 Å². The number of rotatable bonds is 4. The fourth-order valence-electron chi connectivity index (χ4n) is 4.86. The molecule has 0 bridgehead atoms. The van der Waals surface area contributed by atoms with Crippen LogP contribution in [0.15, 0.2) is 12.1 Å². The highest BCUT2D eigenvalue weighted by Crippen LogP contribution is 2.34. The molecule has 0 unspecified atom stereocenters. The molecule has 0 atom stereocenters. The molecule has 1 saturated heterocycles. The van der Waals surface area contributed by atoms with Crippen LogP contribution in [0.5, 0.6) is 0 Å². The molecular formula is C23H29FN4O2. The SMILES string of the molecule is CCC(=O)N1Cc2[nH]nc(C(=O)N3CCC(c4ccc(F)c(C)c4CC)CC3)c2C1. The lowest BCUT2D eigenvalue weighted by Gasteiger charge is -2.33. The van der Waals surface area contributed by atoms with E-state index in [1.54, 1.807) is 11.0 Å². The van der Waals surface area contributed by atoms with Crippen LogP contribution < -0.4 is 0 Å². The van der Waals surface area contributed by atoms with Crippen molar-refractivity contribution >= 4 is 11.8 Å². The quantitative estimate of drug-likeness (QED) is 0.833. The van der Waals surface area contributed by atoms with Gasteiger partial charge in [-0.25, -0.2) is 4.39 Å². The lowest BCUT2D eigenvalue weighted by atomic mass is 9.84. The smallest absolute Gasteiger partial charge is 0.274 e. The Morgan fingerprint density at radius 2 is 1.90 bits per heavy atom. The molecule has 0 radical (unpaired) electrons. The Balaban J connectivity index is 1.45. The number of aromatic nitrogens is 2. The summed E-state index contributed by atoms with van der Waals surface area (Å²) < 4.78 is 14.0. The standard InChI is InChI=1S/C23H29FN4O2/c1-4-16-14(3)19(24)7-6-17(16)15-8-10-27(11-9-15)23(30)22-18-12-28(21(29)5-2)13-20(18)25-26-22/h6-7,15H,4-5,8-13H2,1-3H3,(H,25,26). The van der Waals surface area contributed by atoms with Gasteiger partial charge in [-0.15, -0.1) is 0 Å². The maximum Gasteiger partial charge on any atom is 0.274 e. The summed E-state index contributed by atoms with van der Waals surface area (Å²) in [7, 11) is 0. The second-order valence-electron chi connectivity index (χ2n) is 8.29. The predicted molar refractivity (Wildman–Crippen MR) is 112 cm³/mol. The minimum absolute atomic E-state index is 0.0669. The normalized spacial score (nSPS) is 16.8. The van der Waals surface area contributed by atoms with Gasteiger partial charge in [0.2, 0.25) is 5.91 Å². The average molecular weight is 413 g/mol. The molecule has 3 heterocycles. The maximum absolute atomic E-state index is 14.0. The van der Waals surface area contributed by atoms with Crippen LogP contribution in [0.4, 0.5) is 4.39 Å². The van der Waals surface area contributed by atoms with E-state index in [0.29, 0.717) is 44.2 Å². The van der Waals surface area contributed by atoms with Gasteiger partial charge in [0.25, 0.3) is 5.91 Å². The Labute approximate surface area is 176 Å². The number of hydrogen-bond acceptors (Lipinski definition) is 3. The molecule has 6 nitrogen and oxygen atoms in total. The highest BCUT2D eigenvalue weighted by Gasteiger charge is 2.33. The summed E-state index contributed by atoms with van der Waals surface area (Å²) in [6.07, 6.45) is 2.98. The highest BCUT2D eigenvalue weighted by atomic mass is 19.1. The number of amides is 2. The monoisotopic (exact) mass is 412 g/mol. The first-order valence-electron chi connectivity index (χ1n) is 10.9. The second kappa shape index (κ2) is 8.20. The first-order valence-corrected chi connectivity index (χ1v) is 10.9. The molecule has 0 spiro atoms. The number of H-pyrrole nitrogens is 1. The third-order valence-corrected chi connectivity index (χ3v) is 6.65. The van der Waals surface area contributed by atoms with Gasteiger partial charge in [0.05, 0.1) is 18.8 Å². The summed E-state index contributed by atoms with van der Waals surface area (Å²) in [5.74, 6) is 0.208. The van der Waals surface area contributed by atoms with Crippen molar-refractivity contribution in [1.82, 2.24) is 20.0 Å². The van der Waals surface area contributed by atoms with Crippen molar-refractivity contribution in [2.75, 3.05) is 13.1 Å². The number of piperidine rings is 1. The van der Waals surface area contributed by atoms with Gasteiger partial charge in [-0.05, 0) is 54.9 Å².